The van der Waals surface area contributed by atoms with Gasteiger partial charge in [0.05, 0.1) is 12.7 Å². The first-order valence-electron chi connectivity index (χ1n) is 6.10. The number of hydrogen-bond donors (Lipinski definition) is 1. The average Bonchev–Trinajstić information content (AvgIpc) is 2.24. The fourth-order valence-corrected chi connectivity index (χ4v) is 2.55. The van der Waals surface area contributed by atoms with Gasteiger partial charge in [0.1, 0.15) is 0 Å². The molecule has 1 aliphatic carbocycles. The highest BCUT2D eigenvalue weighted by Crippen LogP contribution is 2.28. The molecule has 1 N–H and O–H groups in total. The van der Waals surface area contributed by atoms with E-state index >= 15 is 0 Å². The van der Waals surface area contributed by atoms with Crippen molar-refractivity contribution in [1.82, 2.24) is 4.90 Å². The van der Waals surface area contributed by atoms with Gasteiger partial charge in [0.2, 0.25) is 0 Å². The zero-order chi connectivity index (χ0) is 11.3. The van der Waals surface area contributed by atoms with Gasteiger partial charge in [-0.2, -0.15) is 0 Å². The van der Waals surface area contributed by atoms with Crippen LogP contribution >= 0.6 is 0 Å². The number of hydrogen-bond acceptors (Lipinski definition) is 3. The van der Waals surface area contributed by atoms with Gasteiger partial charge in [0, 0.05) is 19.7 Å². The molecule has 3 nitrogen and oxygen atoms in total. The van der Waals surface area contributed by atoms with Crippen LogP contribution in [0.3, 0.4) is 0 Å². The fraction of sp³-hybridized carbons (Fsp3) is 1.00. The van der Waals surface area contributed by atoms with Crippen molar-refractivity contribution in [2.45, 2.75) is 45.3 Å². The van der Waals surface area contributed by atoms with Crippen LogP contribution in [0.15, 0.2) is 0 Å². The topological polar surface area (TPSA) is 32.7 Å². The summed E-state index contributed by atoms with van der Waals surface area (Å²) in [6.45, 7) is 7.29. The molecule has 0 saturated heterocycles. The minimum atomic E-state index is -0.0946. The normalized spacial score (nSPS) is 32.2. The van der Waals surface area contributed by atoms with E-state index in [0.29, 0.717) is 12.0 Å². The highest BCUT2D eigenvalue weighted by atomic mass is 16.5. The van der Waals surface area contributed by atoms with Crippen molar-refractivity contribution in [3.8, 4) is 0 Å². The van der Waals surface area contributed by atoms with Crippen molar-refractivity contribution in [2.24, 2.45) is 5.92 Å². The van der Waals surface area contributed by atoms with Gasteiger partial charge >= 0.3 is 0 Å². The van der Waals surface area contributed by atoms with Gasteiger partial charge in [0.25, 0.3) is 0 Å². The maximum absolute atomic E-state index is 9.71. The third-order valence-electron chi connectivity index (χ3n) is 3.58. The predicted molar refractivity (Wildman–Crippen MR) is 61.9 cm³/mol. The second kappa shape index (κ2) is 6.46. The van der Waals surface area contributed by atoms with Crippen molar-refractivity contribution in [3.05, 3.63) is 0 Å². The van der Waals surface area contributed by atoms with E-state index in [1.807, 2.05) is 0 Å². The molecule has 3 unspecified atom stereocenters. The standard InChI is InChI=1S/C12H25NO2/c1-4-13(7-8-15-3)12-9-11(14)6-5-10(12)2/h10-12,14H,4-9H2,1-3H3. The molecule has 0 spiro atoms. The summed E-state index contributed by atoms with van der Waals surface area (Å²) in [5.41, 5.74) is 0. The molecule has 0 aliphatic heterocycles. The molecule has 0 amide bonds. The van der Waals surface area contributed by atoms with Gasteiger partial charge in [-0.1, -0.05) is 13.8 Å². The maximum Gasteiger partial charge on any atom is 0.0589 e. The molecule has 3 atom stereocenters. The van der Waals surface area contributed by atoms with E-state index < -0.39 is 0 Å². The van der Waals surface area contributed by atoms with Crippen LogP contribution in [0.25, 0.3) is 0 Å². The predicted octanol–water partition coefficient (Wildman–Crippen LogP) is 1.50. The van der Waals surface area contributed by atoms with Crippen LogP contribution < -0.4 is 0 Å². The molecule has 1 rings (SSSR count). The van der Waals surface area contributed by atoms with E-state index in [1.165, 1.54) is 0 Å². The molecule has 90 valence electrons. The summed E-state index contributed by atoms with van der Waals surface area (Å²) >= 11 is 0. The van der Waals surface area contributed by atoms with E-state index in [-0.39, 0.29) is 6.10 Å². The number of methoxy groups -OCH3 is 1. The van der Waals surface area contributed by atoms with Crippen molar-refractivity contribution < 1.29 is 9.84 Å². The van der Waals surface area contributed by atoms with Crippen LogP contribution in [0.4, 0.5) is 0 Å². The van der Waals surface area contributed by atoms with Gasteiger partial charge < -0.3 is 9.84 Å². The van der Waals surface area contributed by atoms with Crippen LogP contribution in [0.2, 0.25) is 0 Å². The van der Waals surface area contributed by atoms with Gasteiger partial charge in [-0.05, 0) is 31.7 Å². The molecule has 0 aromatic carbocycles. The Morgan fingerprint density at radius 2 is 2.13 bits per heavy atom. The first kappa shape index (κ1) is 12.9. The molecule has 0 aromatic heterocycles. The molecule has 3 heteroatoms. The number of ether oxygens (including phenoxy) is 1. The maximum atomic E-state index is 9.71. The second-order valence-electron chi connectivity index (χ2n) is 4.63. The van der Waals surface area contributed by atoms with Crippen LogP contribution in [-0.2, 0) is 4.74 Å². The lowest BCUT2D eigenvalue weighted by Gasteiger charge is -2.39. The molecule has 0 radical (unpaired) electrons. The Labute approximate surface area is 93.4 Å². The summed E-state index contributed by atoms with van der Waals surface area (Å²) in [7, 11) is 1.74. The Morgan fingerprint density at radius 3 is 2.73 bits per heavy atom. The van der Waals surface area contributed by atoms with E-state index in [4.69, 9.17) is 4.74 Å². The molecular weight excluding hydrogens is 190 g/mol. The molecule has 1 saturated carbocycles. The Morgan fingerprint density at radius 1 is 1.40 bits per heavy atom. The monoisotopic (exact) mass is 215 g/mol. The minimum absolute atomic E-state index is 0.0946. The molecule has 0 aromatic rings. The molecule has 15 heavy (non-hydrogen) atoms. The third-order valence-corrected chi connectivity index (χ3v) is 3.58. The van der Waals surface area contributed by atoms with Crippen molar-refractivity contribution in [1.29, 1.82) is 0 Å². The van der Waals surface area contributed by atoms with Crippen LogP contribution in [0.5, 0.6) is 0 Å². The van der Waals surface area contributed by atoms with Crippen LogP contribution in [0, 0.1) is 5.92 Å². The Bertz CT molecular complexity index is 175. The van der Waals surface area contributed by atoms with Crippen LogP contribution in [0.1, 0.15) is 33.1 Å². The third kappa shape index (κ3) is 3.74. The van der Waals surface area contributed by atoms with Crippen molar-refractivity contribution >= 4 is 0 Å². The largest absolute Gasteiger partial charge is 0.393 e. The first-order chi connectivity index (χ1) is 7.19. The first-order valence-corrected chi connectivity index (χ1v) is 6.10. The summed E-state index contributed by atoms with van der Waals surface area (Å²) in [5, 5.41) is 9.71. The van der Waals surface area contributed by atoms with E-state index in [0.717, 1.165) is 39.0 Å². The lowest BCUT2D eigenvalue weighted by molar-refractivity contribution is 0.0235. The Kier molecular flexibility index (Phi) is 5.58. The summed E-state index contributed by atoms with van der Waals surface area (Å²) in [4.78, 5) is 2.44. The number of aliphatic hydroxyl groups excluding tert-OH is 1. The second-order valence-corrected chi connectivity index (χ2v) is 4.63. The fourth-order valence-electron chi connectivity index (χ4n) is 2.55. The number of rotatable bonds is 5. The van der Waals surface area contributed by atoms with Gasteiger partial charge in [-0.3, -0.25) is 4.90 Å². The molecule has 0 heterocycles. The molecule has 1 aliphatic rings. The number of likely N-dealkylation sites (N-methyl/N-ethyl adjacent to an activating group) is 1. The zero-order valence-electron chi connectivity index (χ0n) is 10.3. The van der Waals surface area contributed by atoms with Crippen LogP contribution in [-0.4, -0.2) is 49.0 Å². The summed E-state index contributed by atoms with van der Waals surface area (Å²) in [5.74, 6) is 0.699. The smallest absolute Gasteiger partial charge is 0.0589 e. The number of nitrogens with zero attached hydrogens (tertiary/aromatic N) is 1. The lowest BCUT2D eigenvalue weighted by Crippen LogP contribution is -2.46. The van der Waals surface area contributed by atoms with Gasteiger partial charge in [-0.25, -0.2) is 0 Å². The lowest BCUT2D eigenvalue weighted by atomic mass is 9.83. The van der Waals surface area contributed by atoms with Gasteiger partial charge in [0.15, 0.2) is 0 Å². The summed E-state index contributed by atoms with van der Waals surface area (Å²) in [6.07, 6.45) is 2.95. The summed E-state index contributed by atoms with van der Waals surface area (Å²) in [6, 6.07) is 0.536. The molecule has 1 fully saturated rings. The van der Waals surface area contributed by atoms with E-state index in [9.17, 15) is 5.11 Å². The van der Waals surface area contributed by atoms with E-state index in [1.54, 1.807) is 7.11 Å². The zero-order valence-corrected chi connectivity index (χ0v) is 10.3. The van der Waals surface area contributed by atoms with E-state index in [2.05, 4.69) is 18.7 Å². The highest BCUT2D eigenvalue weighted by Gasteiger charge is 2.30. The van der Waals surface area contributed by atoms with Gasteiger partial charge in [-0.15, -0.1) is 0 Å². The SMILES string of the molecule is CCN(CCOC)C1CC(O)CCC1C. The summed E-state index contributed by atoms with van der Waals surface area (Å²) < 4.78 is 5.12. The van der Waals surface area contributed by atoms with Crippen molar-refractivity contribution in [3.63, 3.8) is 0 Å². The molecular formula is C12H25NO2. The quantitative estimate of drug-likeness (QED) is 0.754. The number of aliphatic hydroxyl groups is 1. The molecule has 0 bridgehead atoms. The van der Waals surface area contributed by atoms with Crippen molar-refractivity contribution in [2.75, 3.05) is 26.8 Å². The minimum Gasteiger partial charge on any atom is -0.393 e. The Hall–Kier alpha value is -0.120. The Balaban J connectivity index is 2.48. The highest BCUT2D eigenvalue weighted by molar-refractivity contribution is 4.84. The average molecular weight is 215 g/mol.